The van der Waals surface area contributed by atoms with E-state index in [1.807, 2.05) is 45.0 Å². The number of para-hydroxylation sites is 1. The van der Waals surface area contributed by atoms with E-state index >= 15 is 0 Å². The molecule has 0 unspecified atom stereocenters. The molecule has 0 aliphatic rings. The predicted octanol–water partition coefficient (Wildman–Crippen LogP) is 3.13. The third-order valence-corrected chi connectivity index (χ3v) is 2.88. The summed E-state index contributed by atoms with van der Waals surface area (Å²) in [5.41, 5.74) is 4.69. The molecule has 0 amide bonds. The number of aryl methyl sites for hydroxylation is 2. The Labute approximate surface area is 106 Å². The summed E-state index contributed by atoms with van der Waals surface area (Å²) in [5, 5.41) is 0. The minimum absolute atomic E-state index is 0.108. The van der Waals surface area contributed by atoms with Gasteiger partial charge in [0.1, 0.15) is 0 Å². The molecule has 0 bridgehead atoms. The first-order chi connectivity index (χ1) is 8.58. The molecule has 1 N–H and O–H groups in total. The van der Waals surface area contributed by atoms with Crippen LogP contribution in [0.15, 0.2) is 46.2 Å². The molecule has 0 fully saturated rings. The minimum Gasteiger partial charge on any atom is -0.321 e. The SMILES string of the molecule is C/C(=N\c1c(C)cccc1C)c1cccc(=O)[nH]1. The van der Waals surface area contributed by atoms with Crippen LogP contribution in [0, 0.1) is 13.8 Å². The molecular weight excluding hydrogens is 224 g/mol. The average molecular weight is 240 g/mol. The Morgan fingerprint density at radius 3 is 2.28 bits per heavy atom. The Morgan fingerprint density at radius 2 is 1.67 bits per heavy atom. The summed E-state index contributed by atoms with van der Waals surface area (Å²) >= 11 is 0. The largest absolute Gasteiger partial charge is 0.321 e. The lowest BCUT2D eigenvalue weighted by molar-refractivity contribution is 1.20. The first-order valence-electron chi connectivity index (χ1n) is 5.89. The van der Waals surface area contributed by atoms with Crippen molar-refractivity contribution in [2.45, 2.75) is 20.8 Å². The van der Waals surface area contributed by atoms with Crippen LogP contribution in [0.2, 0.25) is 0 Å². The van der Waals surface area contributed by atoms with Crippen LogP contribution in [0.5, 0.6) is 0 Å². The number of hydrogen-bond acceptors (Lipinski definition) is 2. The molecule has 3 heteroatoms. The van der Waals surface area contributed by atoms with Gasteiger partial charge in [-0.2, -0.15) is 0 Å². The molecule has 0 aliphatic heterocycles. The highest BCUT2D eigenvalue weighted by atomic mass is 16.1. The molecule has 2 rings (SSSR count). The molecule has 1 aromatic heterocycles. The van der Waals surface area contributed by atoms with Gasteiger partial charge in [-0.05, 0) is 38.0 Å². The molecule has 3 nitrogen and oxygen atoms in total. The Bertz CT molecular complexity index is 633. The van der Waals surface area contributed by atoms with Crippen LogP contribution in [-0.2, 0) is 0 Å². The van der Waals surface area contributed by atoms with Crippen molar-refractivity contribution in [1.29, 1.82) is 0 Å². The summed E-state index contributed by atoms with van der Waals surface area (Å²) in [6, 6.07) is 11.2. The molecule has 0 atom stereocenters. The van der Waals surface area contributed by atoms with E-state index in [1.54, 1.807) is 6.07 Å². The van der Waals surface area contributed by atoms with Crippen LogP contribution in [0.4, 0.5) is 5.69 Å². The molecule has 0 saturated heterocycles. The summed E-state index contributed by atoms with van der Waals surface area (Å²) in [7, 11) is 0. The van der Waals surface area contributed by atoms with Crippen LogP contribution in [0.1, 0.15) is 23.7 Å². The number of aromatic nitrogens is 1. The van der Waals surface area contributed by atoms with E-state index < -0.39 is 0 Å². The third kappa shape index (κ3) is 2.56. The first-order valence-corrected chi connectivity index (χ1v) is 5.89. The molecular formula is C15H16N2O. The molecule has 0 saturated carbocycles. The maximum Gasteiger partial charge on any atom is 0.248 e. The summed E-state index contributed by atoms with van der Waals surface area (Å²) in [6.07, 6.45) is 0. The van der Waals surface area contributed by atoms with Crippen molar-refractivity contribution in [1.82, 2.24) is 4.98 Å². The number of benzene rings is 1. The number of hydrogen-bond donors (Lipinski definition) is 1. The fraction of sp³-hybridized carbons (Fsp3) is 0.200. The van der Waals surface area contributed by atoms with E-state index in [0.717, 1.165) is 28.2 Å². The Kier molecular flexibility index (Phi) is 3.42. The van der Waals surface area contributed by atoms with E-state index in [2.05, 4.69) is 9.98 Å². The lowest BCUT2D eigenvalue weighted by atomic mass is 10.1. The van der Waals surface area contributed by atoms with Gasteiger partial charge in [-0.1, -0.05) is 24.3 Å². The van der Waals surface area contributed by atoms with Gasteiger partial charge >= 0.3 is 0 Å². The molecule has 0 spiro atoms. The van der Waals surface area contributed by atoms with E-state index in [4.69, 9.17) is 0 Å². The topological polar surface area (TPSA) is 45.2 Å². The summed E-state index contributed by atoms with van der Waals surface area (Å²) in [5.74, 6) is 0. The van der Waals surface area contributed by atoms with Crippen molar-refractivity contribution in [2.75, 3.05) is 0 Å². The number of rotatable bonds is 2. The van der Waals surface area contributed by atoms with Crippen LogP contribution < -0.4 is 5.56 Å². The number of pyridine rings is 1. The average Bonchev–Trinajstić information content (AvgIpc) is 2.34. The van der Waals surface area contributed by atoms with Crippen molar-refractivity contribution in [2.24, 2.45) is 4.99 Å². The first kappa shape index (κ1) is 12.3. The zero-order valence-electron chi connectivity index (χ0n) is 10.8. The lowest BCUT2D eigenvalue weighted by Gasteiger charge is -2.06. The number of aliphatic imine (C=N–C) groups is 1. The number of nitrogens with zero attached hydrogens (tertiary/aromatic N) is 1. The van der Waals surface area contributed by atoms with E-state index in [1.165, 1.54) is 6.07 Å². The Balaban J connectivity index is 2.48. The van der Waals surface area contributed by atoms with Crippen molar-refractivity contribution in [3.05, 3.63) is 63.6 Å². The number of nitrogens with one attached hydrogen (secondary N) is 1. The van der Waals surface area contributed by atoms with Crippen LogP contribution in [-0.4, -0.2) is 10.7 Å². The van der Waals surface area contributed by atoms with Gasteiger partial charge in [-0.3, -0.25) is 9.79 Å². The van der Waals surface area contributed by atoms with Crippen molar-refractivity contribution >= 4 is 11.4 Å². The van der Waals surface area contributed by atoms with Gasteiger partial charge in [0.05, 0.1) is 17.1 Å². The summed E-state index contributed by atoms with van der Waals surface area (Å²) < 4.78 is 0. The standard InChI is InChI=1S/C15H16N2O/c1-10-6-4-7-11(2)15(10)16-12(3)13-8-5-9-14(18)17-13/h4-9H,1-3H3,(H,17,18)/b16-12+. The fourth-order valence-electron chi connectivity index (χ4n) is 1.87. The minimum atomic E-state index is -0.108. The zero-order valence-corrected chi connectivity index (χ0v) is 10.8. The summed E-state index contributed by atoms with van der Waals surface area (Å²) in [6.45, 7) is 5.97. The maximum absolute atomic E-state index is 11.3. The van der Waals surface area contributed by atoms with Crippen molar-refractivity contribution in [3.63, 3.8) is 0 Å². The van der Waals surface area contributed by atoms with Gasteiger partial charge in [-0.15, -0.1) is 0 Å². The predicted molar refractivity (Wildman–Crippen MR) is 74.8 cm³/mol. The Morgan fingerprint density at radius 1 is 1.06 bits per heavy atom. The normalized spacial score (nSPS) is 11.6. The second kappa shape index (κ2) is 5.00. The highest BCUT2D eigenvalue weighted by Gasteiger charge is 2.03. The zero-order chi connectivity index (χ0) is 13.1. The Hall–Kier alpha value is -2.16. The van der Waals surface area contributed by atoms with E-state index in [9.17, 15) is 4.79 Å². The van der Waals surface area contributed by atoms with Gasteiger partial charge in [0, 0.05) is 6.07 Å². The van der Waals surface area contributed by atoms with Crippen molar-refractivity contribution in [3.8, 4) is 0 Å². The molecule has 2 aromatic rings. The van der Waals surface area contributed by atoms with E-state index in [0.29, 0.717) is 0 Å². The van der Waals surface area contributed by atoms with Gasteiger partial charge in [0.15, 0.2) is 0 Å². The van der Waals surface area contributed by atoms with E-state index in [-0.39, 0.29) is 5.56 Å². The van der Waals surface area contributed by atoms with Gasteiger partial charge in [-0.25, -0.2) is 0 Å². The fourth-order valence-corrected chi connectivity index (χ4v) is 1.87. The van der Waals surface area contributed by atoms with Gasteiger partial charge in [0.25, 0.3) is 0 Å². The van der Waals surface area contributed by atoms with Crippen molar-refractivity contribution < 1.29 is 0 Å². The highest BCUT2D eigenvalue weighted by Crippen LogP contribution is 2.23. The number of H-pyrrole nitrogens is 1. The van der Waals surface area contributed by atoms with Crippen LogP contribution in [0.25, 0.3) is 0 Å². The monoisotopic (exact) mass is 240 g/mol. The second-order valence-corrected chi connectivity index (χ2v) is 4.37. The lowest BCUT2D eigenvalue weighted by Crippen LogP contribution is -2.09. The molecule has 92 valence electrons. The molecule has 0 radical (unpaired) electrons. The van der Waals surface area contributed by atoms with Gasteiger partial charge < -0.3 is 4.98 Å². The van der Waals surface area contributed by atoms with Crippen LogP contribution in [0.3, 0.4) is 0 Å². The third-order valence-electron chi connectivity index (χ3n) is 2.88. The molecule has 0 aliphatic carbocycles. The smallest absolute Gasteiger partial charge is 0.248 e. The number of aromatic amines is 1. The molecule has 18 heavy (non-hydrogen) atoms. The maximum atomic E-state index is 11.3. The molecule has 1 aromatic carbocycles. The molecule has 1 heterocycles. The van der Waals surface area contributed by atoms with Crippen LogP contribution >= 0.6 is 0 Å². The quantitative estimate of drug-likeness (QED) is 0.805. The highest BCUT2D eigenvalue weighted by molar-refractivity contribution is 5.98. The summed E-state index contributed by atoms with van der Waals surface area (Å²) in [4.78, 5) is 18.7. The van der Waals surface area contributed by atoms with Gasteiger partial charge in [0.2, 0.25) is 5.56 Å². The second-order valence-electron chi connectivity index (χ2n) is 4.37.